The molecule has 2 N–H and O–H groups in total. The number of aliphatic hydroxyl groups is 1. The highest BCUT2D eigenvalue weighted by atomic mass is 16.5. The highest BCUT2D eigenvalue weighted by Gasteiger charge is 2.39. The van der Waals surface area contributed by atoms with Crippen molar-refractivity contribution in [2.75, 3.05) is 25.1 Å². The monoisotopic (exact) mass is 431 g/mol. The number of hydrazone groups is 1. The van der Waals surface area contributed by atoms with Crippen LogP contribution < -0.4 is 15.1 Å². The van der Waals surface area contributed by atoms with Gasteiger partial charge in [0.25, 0.3) is 5.91 Å². The van der Waals surface area contributed by atoms with Gasteiger partial charge in [0.15, 0.2) is 5.60 Å². The molecule has 166 valence electrons. The Labute approximate surface area is 189 Å². The summed E-state index contributed by atoms with van der Waals surface area (Å²) < 4.78 is 5.51. The summed E-state index contributed by atoms with van der Waals surface area (Å²) in [6, 6.07) is 23.5. The van der Waals surface area contributed by atoms with Gasteiger partial charge in [-0.2, -0.15) is 5.10 Å². The van der Waals surface area contributed by atoms with Crippen LogP contribution in [0.5, 0.6) is 5.75 Å². The van der Waals surface area contributed by atoms with E-state index in [1.807, 2.05) is 30.3 Å². The highest BCUT2D eigenvalue weighted by molar-refractivity contribution is 5.91. The molecule has 3 aromatic carbocycles. The second kappa shape index (κ2) is 10.6. The fourth-order valence-electron chi connectivity index (χ4n) is 3.62. The van der Waals surface area contributed by atoms with Crippen molar-refractivity contribution in [3.8, 4) is 5.75 Å². The lowest BCUT2D eigenvalue weighted by Crippen LogP contribution is -2.43. The topological polar surface area (TPSA) is 74.2 Å². The van der Waals surface area contributed by atoms with E-state index in [1.165, 1.54) is 6.21 Å². The van der Waals surface area contributed by atoms with Crippen LogP contribution in [0, 0.1) is 0 Å². The van der Waals surface area contributed by atoms with E-state index >= 15 is 0 Å². The van der Waals surface area contributed by atoms with Crippen molar-refractivity contribution in [3.05, 3.63) is 95.6 Å². The first-order valence-electron chi connectivity index (χ1n) is 10.6. The van der Waals surface area contributed by atoms with Crippen LogP contribution in [0.15, 0.2) is 84.0 Å². The number of hydrogen-bond acceptors (Lipinski definition) is 5. The van der Waals surface area contributed by atoms with Crippen molar-refractivity contribution in [1.29, 1.82) is 0 Å². The molecule has 0 bridgehead atoms. The van der Waals surface area contributed by atoms with E-state index in [0.717, 1.165) is 18.8 Å². The predicted molar refractivity (Wildman–Crippen MR) is 128 cm³/mol. The van der Waals surface area contributed by atoms with Crippen molar-refractivity contribution in [1.82, 2.24) is 5.43 Å². The van der Waals surface area contributed by atoms with Gasteiger partial charge in [0.2, 0.25) is 0 Å². The molecular weight excluding hydrogens is 402 g/mol. The first-order chi connectivity index (χ1) is 15.5. The standard InChI is InChI=1S/C26H29N3O3/c1-4-29(5-2)23-17-16-20(24(18-23)32-3)19-27-28-25(30)26(31,21-12-8-6-9-13-21)22-14-10-7-11-15-22/h6-19,31H,4-5H2,1-3H3,(H,28,30)/b27-19+. The lowest BCUT2D eigenvalue weighted by Gasteiger charge is -2.27. The van der Waals surface area contributed by atoms with Crippen LogP contribution in [0.2, 0.25) is 0 Å². The number of methoxy groups -OCH3 is 1. The largest absolute Gasteiger partial charge is 0.496 e. The smallest absolute Gasteiger partial charge is 0.281 e. The van der Waals surface area contributed by atoms with Crippen molar-refractivity contribution < 1.29 is 14.6 Å². The number of hydrogen-bond donors (Lipinski definition) is 2. The lowest BCUT2D eigenvalue weighted by atomic mass is 9.85. The van der Waals surface area contributed by atoms with Gasteiger partial charge in [0.05, 0.1) is 13.3 Å². The molecular formula is C26H29N3O3. The molecule has 6 nitrogen and oxygen atoms in total. The molecule has 0 heterocycles. The van der Waals surface area contributed by atoms with E-state index in [1.54, 1.807) is 55.6 Å². The third-order valence-corrected chi connectivity index (χ3v) is 5.43. The third kappa shape index (κ3) is 4.81. The maximum atomic E-state index is 13.1. The molecule has 6 heteroatoms. The first kappa shape index (κ1) is 23.0. The average Bonchev–Trinajstić information content (AvgIpc) is 2.85. The molecule has 0 aliphatic rings. The fourth-order valence-corrected chi connectivity index (χ4v) is 3.62. The minimum atomic E-state index is -1.88. The number of anilines is 1. The maximum absolute atomic E-state index is 13.1. The summed E-state index contributed by atoms with van der Waals surface area (Å²) >= 11 is 0. The van der Waals surface area contributed by atoms with E-state index in [0.29, 0.717) is 22.4 Å². The predicted octanol–water partition coefficient (Wildman–Crippen LogP) is 3.93. The summed E-state index contributed by atoms with van der Waals surface area (Å²) in [6.07, 6.45) is 1.51. The van der Waals surface area contributed by atoms with E-state index < -0.39 is 11.5 Å². The van der Waals surface area contributed by atoms with Gasteiger partial charge in [-0.25, -0.2) is 5.43 Å². The van der Waals surface area contributed by atoms with Crippen LogP contribution in [0.25, 0.3) is 0 Å². The minimum Gasteiger partial charge on any atom is -0.496 e. The van der Waals surface area contributed by atoms with E-state index in [9.17, 15) is 9.90 Å². The molecule has 0 radical (unpaired) electrons. The third-order valence-electron chi connectivity index (χ3n) is 5.43. The second-order valence-electron chi connectivity index (χ2n) is 7.24. The second-order valence-corrected chi connectivity index (χ2v) is 7.24. The number of nitrogens with one attached hydrogen (secondary N) is 1. The van der Waals surface area contributed by atoms with E-state index in [2.05, 4.69) is 29.3 Å². The number of nitrogens with zero attached hydrogens (tertiary/aromatic N) is 2. The van der Waals surface area contributed by atoms with Crippen molar-refractivity contribution in [2.45, 2.75) is 19.4 Å². The molecule has 0 saturated heterocycles. The van der Waals surface area contributed by atoms with Gasteiger partial charge < -0.3 is 14.7 Å². The number of carbonyl (C=O) groups excluding carboxylic acids is 1. The van der Waals surface area contributed by atoms with E-state index in [-0.39, 0.29) is 0 Å². The molecule has 0 fully saturated rings. The summed E-state index contributed by atoms with van der Waals surface area (Å²) in [5.74, 6) is -0.00124. The zero-order chi connectivity index (χ0) is 23.0. The molecule has 0 atom stereocenters. The van der Waals surface area contributed by atoms with E-state index in [4.69, 9.17) is 4.74 Å². The van der Waals surface area contributed by atoms with Gasteiger partial charge in [0, 0.05) is 30.4 Å². The lowest BCUT2D eigenvalue weighted by molar-refractivity contribution is -0.136. The molecule has 32 heavy (non-hydrogen) atoms. The summed E-state index contributed by atoms with van der Waals surface area (Å²) in [4.78, 5) is 15.3. The van der Waals surface area contributed by atoms with Crippen LogP contribution in [0.4, 0.5) is 5.69 Å². The van der Waals surface area contributed by atoms with Crippen molar-refractivity contribution in [2.24, 2.45) is 5.10 Å². The number of ether oxygens (including phenoxy) is 1. The molecule has 3 rings (SSSR count). The Kier molecular flexibility index (Phi) is 7.63. The van der Waals surface area contributed by atoms with Crippen molar-refractivity contribution in [3.63, 3.8) is 0 Å². The fraction of sp³-hybridized carbons (Fsp3) is 0.231. The number of amides is 1. The van der Waals surface area contributed by atoms with Gasteiger partial charge in [-0.05, 0) is 37.1 Å². The molecule has 0 unspecified atom stereocenters. The van der Waals surface area contributed by atoms with Crippen LogP contribution in [0.3, 0.4) is 0 Å². The SMILES string of the molecule is CCN(CC)c1ccc(/C=N/NC(=O)C(O)(c2ccccc2)c2ccccc2)c(OC)c1. The molecule has 0 saturated carbocycles. The zero-order valence-electron chi connectivity index (χ0n) is 18.7. The van der Waals surface area contributed by atoms with Gasteiger partial charge in [-0.1, -0.05) is 60.7 Å². The summed E-state index contributed by atoms with van der Waals surface area (Å²) in [6.45, 7) is 5.98. The Morgan fingerprint density at radius 3 is 2.06 bits per heavy atom. The van der Waals surface area contributed by atoms with Gasteiger partial charge >= 0.3 is 0 Å². The quantitative estimate of drug-likeness (QED) is 0.398. The number of rotatable bonds is 9. The van der Waals surface area contributed by atoms with Gasteiger partial charge in [0.1, 0.15) is 5.75 Å². The highest BCUT2D eigenvalue weighted by Crippen LogP contribution is 2.30. The Morgan fingerprint density at radius 1 is 1.00 bits per heavy atom. The molecule has 1 amide bonds. The van der Waals surface area contributed by atoms with Crippen molar-refractivity contribution >= 4 is 17.8 Å². The maximum Gasteiger partial charge on any atom is 0.281 e. The number of benzene rings is 3. The summed E-state index contributed by atoms with van der Waals surface area (Å²) in [7, 11) is 1.60. The average molecular weight is 432 g/mol. The molecule has 0 aliphatic carbocycles. The normalized spacial score (nSPS) is 11.4. The van der Waals surface area contributed by atoms with Crippen LogP contribution >= 0.6 is 0 Å². The Hall–Kier alpha value is -3.64. The molecule has 0 aromatic heterocycles. The number of carbonyl (C=O) groups is 1. The Morgan fingerprint density at radius 2 is 1.56 bits per heavy atom. The van der Waals surface area contributed by atoms with Crippen LogP contribution in [-0.2, 0) is 10.4 Å². The van der Waals surface area contributed by atoms with Crippen LogP contribution in [-0.4, -0.2) is 37.4 Å². The molecule has 3 aromatic rings. The molecule has 0 aliphatic heterocycles. The van der Waals surface area contributed by atoms with Gasteiger partial charge in [-0.3, -0.25) is 4.79 Å². The van der Waals surface area contributed by atoms with Gasteiger partial charge in [-0.15, -0.1) is 0 Å². The zero-order valence-corrected chi connectivity index (χ0v) is 18.7. The molecule has 0 spiro atoms. The van der Waals surface area contributed by atoms with Crippen LogP contribution in [0.1, 0.15) is 30.5 Å². The minimum absolute atomic E-state index is 0.458. The summed E-state index contributed by atoms with van der Waals surface area (Å²) in [5.41, 5.74) is 3.30. The summed E-state index contributed by atoms with van der Waals surface area (Å²) in [5, 5.41) is 15.6. The Balaban J connectivity index is 1.85. The Bertz CT molecular complexity index is 1010. The first-order valence-corrected chi connectivity index (χ1v) is 10.6.